The molecule has 1 spiro atoms. The summed E-state index contributed by atoms with van der Waals surface area (Å²) in [5, 5.41) is 0. The Morgan fingerprint density at radius 1 is 0.537 bits per heavy atom. The van der Waals surface area contributed by atoms with E-state index in [4.69, 9.17) is 18.9 Å². The lowest BCUT2D eigenvalue weighted by atomic mass is 9.90. The summed E-state index contributed by atoms with van der Waals surface area (Å²) in [5.74, 6) is 0.377. The minimum atomic E-state index is -3.23. The highest BCUT2D eigenvalue weighted by Crippen LogP contribution is 2.31. The molecule has 0 unspecified atom stereocenters. The summed E-state index contributed by atoms with van der Waals surface area (Å²) in [7, 11) is -6.45. The highest BCUT2D eigenvalue weighted by Gasteiger charge is 2.41. The van der Waals surface area contributed by atoms with Gasteiger partial charge in [-0.1, -0.05) is 78.1 Å². The van der Waals surface area contributed by atoms with Crippen LogP contribution in [0.2, 0.25) is 0 Å². The van der Waals surface area contributed by atoms with E-state index in [-0.39, 0.29) is 29.5 Å². The Kier molecular flexibility index (Phi) is 18.5. The average molecular weight is 627 g/mol. The molecule has 2 heterocycles. The molecule has 244 valence electrons. The molecule has 2 rings (SSSR count). The summed E-state index contributed by atoms with van der Waals surface area (Å²) >= 11 is 0. The van der Waals surface area contributed by atoms with Crippen LogP contribution in [-0.2, 0) is 39.0 Å². The van der Waals surface area contributed by atoms with Crippen molar-refractivity contribution in [3.63, 3.8) is 0 Å². The van der Waals surface area contributed by atoms with E-state index < -0.39 is 20.0 Å². The van der Waals surface area contributed by atoms with Gasteiger partial charge in [-0.25, -0.2) is 26.3 Å². The van der Waals surface area contributed by atoms with Gasteiger partial charge in [0.2, 0.25) is 20.0 Å². The zero-order valence-electron chi connectivity index (χ0n) is 25.7. The second-order valence-corrected chi connectivity index (χ2v) is 15.7. The van der Waals surface area contributed by atoms with Crippen molar-refractivity contribution in [3.8, 4) is 0 Å². The molecule has 2 fully saturated rings. The molecule has 0 aromatic rings. The van der Waals surface area contributed by atoms with Crippen LogP contribution in [0.5, 0.6) is 0 Å². The molecule has 2 N–H and O–H groups in total. The van der Waals surface area contributed by atoms with Crippen LogP contribution >= 0.6 is 0 Å². The molecule has 0 amide bonds. The van der Waals surface area contributed by atoms with Gasteiger partial charge < -0.3 is 18.9 Å². The van der Waals surface area contributed by atoms with Gasteiger partial charge in [0.25, 0.3) is 0 Å². The summed E-state index contributed by atoms with van der Waals surface area (Å²) < 4.78 is 77.7. The van der Waals surface area contributed by atoms with Crippen molar-refractivity contribution in [3.05, 3.63) is 0 Å². The molecule has 0 aromatic heterocycles. The van der Waals surface area contributed by atoms with E-state index in [2.05, 4.69) is 23.3 Å². The lowest BCUT2D eigenvalue weighted by molar-refractivity contribution is -0.304. The van der Waals surface area contributed by atoms with Gasteiger partial charge >= 0.3 is 0 Å². The predicted molar refractivity (Wildman–Crippen MR) is 163 cm³/mol. The second-order valence-electron chi connectivity index (χ2n) is 11.8. The maximum atomic E-state index is 12.2. The summed E-state index contributed by atoms with van der Waals surface area (Å²) in [6.45, 7) is 6.97. The molecule has 0 aliphatic carbocycles. The maximum Gasteiger partial charge on any atom is 0.211 e. The van der Waals surface area contributed by atoms with E-state index >= 15 is 0 Å². The van der Waals surface area contributed by atoms with Crippen LogP contribution in [0.25, 0.3) is 0 Å². The minimum Gasteiger partial charge on any atom is -0.352 e. The average Bonchev–Trinajstić information content (AvgIpc) is 2.95. The normalized spacial score (nSPS) is 23.8. The molecule has 0 radical (unpaired) electrons. The summed E-state index contributed by atoms with van der Waals surface area (Å²) in [6, 6.07) is 0. The number of hydrogen-bond donors (Lipinski definition) is 2. The Morgan fingerprint density at radius 3 is 1.24 bits per heavy atom. The zero-order chi connectivity index (χ0) is 29.9. The van der Waals surface area contributed by atoms with Crippen LogP contribution in [0, 0.1) is 5.41 Å². The molecule has 2 saturated heterocycles. The van der Waals surface area contributed by atoms with Crippen LogP contribution in [0.4, 0.5) is 0 Å². The fraction of sp³-hybridized carbons (Fsp3) is 1.00. The quantitative estimate of drug-likeness (QED) is 0.146. The zero-order valence-corrected chi connectivity index (χ0v) is 27.3. The smallest absolute Gasteiger partial charge is 0.211 e. The molecule has 12 heteroatoms. The molecule has 41 heavy (non-hydrogen) atoms. The Morgan fingerprint density at radius 2 is 0.878 bits per heavy atom. The first-order chi connectivity index (χ1) is 19.7. The first-order valence-electron chi connectivity index (χ1n) is 16.1. The Balaban J connectivity index is 1.49. The second kappa shape index (κ2) is 20.6. The molecule has 0 bridgehead atoms. The number of rotatable bonds is 24. The van der Waals surface area contributed by atoms with Gasteiger partial charge in [0, 0.05) is 13.1 Å². The van der Waals surface area contributed by atoms with Crippen molar-refractivity contribution in [2.75, 3.05) is 51.0 Å². The topological polar surface area (TPSA) is 129 Å². The SMILES string of the molecule is CCCCCCCCS(=O)(=O)NCCCC1OCC2(CO1)COC(CCCNS(=O)(=O)CCCCCCCC)OC2. The third-order valence-electron chi connectivity index (χ3n) is 7.71. The van der Waals surface area contributed by atoms with Crippen molar-refractivity contribution in [2.24, 2.45) is 5.41 Å². The molecular formula is C29H58N2O8S2. The van der Waals surface area contributed by atoms with E-state index in [1.54, 1.807) is 0 Å². The molecule has 0 saturated carbocycles. The lowest BCUT2D eigenvalue weighted by Gasteiger charge is -2.43. The van der Waals surface area contributed by atoms with Crippen LogP contribution < -0.4 is 9.44 Å². The van der Waals surface area contributed by atoms with E-state index in [0.717, 1.165) is 25.7 Å². The van der Waals surface area contributed by atoms with Crippen molar-refractivity contribution >= 4 is 20.0 Å². The van der Waals surface area contributed by atoms with E-state index in [0.29, 0.717) is 78.0 Å². The van der Waals surface area contributed by atoms with Gasteiger partial charge in [0.1, 0.15) is 0 Å². The van der Waals surface area contributed by atoms with Crippen molar-refractivity contribution < 1.29 is 35.8 Å². The van der Waals surface area contributed by atoms with Crippen LogP contribution in [0.1, 0.15) is 117 Å². The molecule has 10 nitrogen and oxygen atoms in total. The summed E-state index contributed by atoms with van der Waals surface area (Å²) in [6.07, 6.45) is 14.5. The van der Waals surface area contributed by atoms with Gasteiger partial charge in [-0.15, -0.1) is 0 Å². The molecule has 2 aliphatic heterocycles. The maximum absolute atomic E-state index is 12.2. The van der Waals surface area contributed by atoms with E-state index in [1.165, 1.54) is 38.5 Å². The summed E-state index contributed by atoms with van der Waals surface area (Å²) in [5.41, 5.74) is -0.343. The minimum absolute atomic E-state index is 0.188. The third kappa shape index (κ3) is 16.9. The molecule has 0 aromatic carbocycles. The van der Waals surface area contributed by atoms with E-state index in [9.17, 15) is 16.8 Å². The van der Waals surface area contributed by atoms with Crippen LogP contribution in [-0.4, -0.2) is 80.4 Å². The highest BCUT2D eigenvalue weighted by molar-refractivity contribution is 7.89. The molecular weight excluding hydrogens is 568 g/mol. The number of unbranched alkanes of at least 4 members (excludes halogenated alkanes) is 10. The number of hydrogen-bond acceptors (Lipinski definition) is 8. The lowest BCUT2D eigenvalue weighted by Crippen LogP contribution is -2.52. The van der Waals surface area contributed by atoms with Gasteiger partial charge in [0.15, 0.2) is 12.6 Å². The number of nitrogens with one attached hydrogen (secondary N) is 2. The van der Waals surface area contributed by atoms with Crippen molar-refractivity contribution in [1.82, 2.24) is 9.44 Å². The van der Waals surface area contributed by atoms with E-state index in [1.807, 2.05) is 0 Å². The first kappa shape index (κ1) is 36.8. The number of ether oxygens (including phenoxy) is 4. The Bertz CT molecular complexity index is 794. The molecule has 0 atom stereocenters. The Hall–Kier alpha value is -0.340. The standard InChI is InChI=1S/C29H58N2O8S2/c1-3-5-7-9-11-13-21-40(32,33)30-19-15-17-27-36-23-29(24-37-27)25-38-28(39-26-29)18-16-20-31-41(34,35)22-14-12-10-8-6-4-2/h27-28,30-31H,3-26H2,1-2H3. The van der Waals surface area contributed by atoms with Crippen molar-refractivity contribution in [1.29, 1.82) is 0 Å². The monoisotopic (exact) mass is 626 g/mol. The van der Waals surface area contributed by atoms with Gasteiger partial charge in [0.05, 0.1) is 43.3 Å². The largest absolute Gasteiger partial charge is 0.352 e. The first-order valence-corrected chi connectivity index (χ1v) is 19.4. The third-order valence-corrected chi connectivity index (χ3v) is 10.7. The number of sulfonamides is 2. The Labute approximate surface area is 250 Å². The van der Waals surface area contributed by atoms with Gasteiger partial charge in [-0.3, -0.25) is 0 Å². The van der Waals surface area contributed by atoms with Crippen molar-refractivity contribution in [2.45, 2.75) is 129 Å². The van der Waals surface area contributed by atoms with Crippen LogP contribution in [0.15, 0.2) is 0 Å². The fourth-order valence-electron chi connectivity index (χ4n) is 5.04. The van der Waals surface area contributed by atoms with Crippen LogP contribution in [0.3, 0.4) is 0 Å². The van der Waals surface area contributed by atoms with Gasteiger partial charge in [-0.05, 0) is 38.5 Å². The predicted octanol–water partition coefficient (Wildman–Crippen LogP) is 4.84. The molecule has 2 aliphatic rings. The highest BCUT2D eigenvalue weighted by atomic mass is 32.2. The fourth-order valence-corrected chi connectivity index (χ4v) is 7.41. The summed E-state index contributed by atoms with van der Waals surface area (Å²) in [4.78, 5) is 0. The van der Waals surface area contributed by atoms with Gasteiger partial charge in [-0.2, -0.15) is 0 Å².